The summed E-state index contributed by atoms with van der Waals surface area (Å²) in [7, 11) is 8.55. The molecule has 6 atom stereocenters. The van der Waals surface area contributed by atoms with Crippen LogP contribution in [-0.2, 0) is 18.8 Å². The summed E-state index contributed by atoms with van der Waals surface area (Å²) in [4.78, 5) is 24.0. The second-order valence-electron chi connectivity index (χ2n) is 4.46. The van der Waals surface area contributed by atoms with Gasteiger partial charge in [-0.25, -0.2) is 4.79 Å². The molecule has 0 spiro atoms. The average molecular weight is 407 g/mol. The first-order valence-corrected chi connectivity index (χ1v) is 14.0. The zero-order valence-corrected chi connectivity index (χ0v) is 17.9. The van der Waals surface area contributed by atoms with E-state index in [2.05, 4.69) is 37.2 Å². The molecule has 130 valence electrons. The SMILES string of the molecule is COC[C@H](N)C(=O)N[C@@H](CCCCNPP)C(=O)OP(P)P. The Morgan fingerprint density at radius 2 is 2.05 bits per heavy atom. The van der Waals surface area contributed by atoms with Gasteiger partial charge in [0.15, 0.2) is 0 Å². The lowest BCUT2D eigenvalue weighted by Gasteiger charge is -2.20. The van der Waals surface area contributed by atoms with E-state index in [4.69, 9.17) is 15.0 Å². The van der Waals surface area contributed by atoms with Gasteiger partial charge in [0.25, 0.3) is 0 Å². The van der Waals surface area contributed by atoms with Crippen molar-refractivity contribution in [2.75, 3.05) is 20.3 Å². The van der Waals surface area contributed by atoms with Crippen LogP contribution in [-0.4, -0.2) is 44.2 Å². The molecule has 0 aliphatic carbocycles. The lowest BCUT2D eigenvalue weighted by atomic mass is 10.1. The minimum Gasteiger partial charge on any atom is -0.435 e. The first kappa shape index (κ1) is 23.0. The molecule has 0 rings (SSSR count). The fraction of sp³-hybridized carbons (Fsp3) is 0.800. The normalized spacial score (nSPS) is 14.3. The second-order valence-corrected chi connectivity index (χ2v) is 11.7. The summed E-state index contributed by atoms with van der Waals surface area (Å²) in [5.41, 5.74) is 5.67. The molecular weight excluding hydrogens is 381 g/mol. The van der Waals surface area contributed by atoms with Gasteiger partial charge in [-0.1, -0.05) is 26.8 Å². The number of nitrogens with one attached hydrogen (secondary N) is 2. The Hall–Kier alpha value is 0.970. The summed E-state index contributed by atoms with van der Waals surface area (Å²) in [6.07, 6.45) is 2.24. The molecule has 0 aromatic heterocycles. The molecule has 0 aromatic rings. The smallest absolute Gasteiger partial charge is 0.331 e. The van der Waals surface area contributed by atoms with Crippen molar-refractivity contribution in [2.45, 2.75) is 31.3 Å². The second kappa shape index (κ2) is 14.3. The van der Waals surface area contributed by atoms with Crippen molar-refractivity contribution in [3.63, 3.8) is 0 Å². The highest BCUT2D eigenvalue weighted by Gasteiger charge is 2.25. The summed E-state index contributed by atoms with van der Waals surface area (Å²) in [6.45, 7) is 0.980. The number of rotatable bonds is 12. The van der Waals surface area contributed by atoms with Crippen LogP contribution in [0.2, 0.25) is 0 Å². The molecule has 0 radical (unpaired) electrons. The molecule has 0 fully saturated rings. The Bertz CT molecular complexity index is 338. The Labute approximate surface area is 141 Å². The number of methoxy groups -OCH3 is 1. The number of hydrogen-bond acceptors (Lipinski definition) is 6. The van der Waals surface area contributed by atoms with Gasteiger partial charge in [-0.05, 0) is 34.2 Å². The fourth-order valence-electron chi connectivity index (χ4n) is 1.58. The fourth-order valence-corrected chi connectivity index (χ4v) is 3.30. The van der Waals surface area contributed by atoms with E-state index in [1.165, 1.54) is 7.11 Å². The zero-order chi connectivity index (χ0) is 17.0. The third kappa shape index (κ3) is 11.5. The maximum atomic E-state index is 12.1. The highest BCUT2D eigenvalue weighted by atomic mass is 32.4. The van der Waals surface area contributed by atoms with E-state index in [0.29, 0.717) is 14.8 Å². The largest absolute Gasteiger partial charge is 0.435 e. The lowest BCUT2D eigenvalue weighted by Crippen LogP contribution is -2.50. The Balaban J connectivity index is 4.44. The molecule has 0 saturated heterocycles. The molecule has 0 bridgehead atoms. The predicted octanol–water partition coefficient (Wildman–Crippen LogP) is 1.11. The van der Waals surface area contributed by atoms with Gasteiger partial charge in [-0.2, -0.15) is 0 Å². The van der Waals surface area contributed by atoms with Crippen molar-refractivity contribution >= 4 is 54.6 Å². The molecule has 4 unspecified atom stereocenters. The van der Waals surface area contributed by atoms with Crippen molar-refractivity contribution in [1.82, 2.24) is 10.4 Å². The van der Waals surface area contributed by atoms with Crippen molar-refractivity contribution in [3.8, 4) is 0 Å². The van der Waals surface area contributed by atoms with Crippen molar-refractivity contribution in [1.29, 1.82) is 0 Å². The Morgan fingerprint density at radius 3 is 2.59 bits per heavy atom. The van der Waals surface area contributed by atoms with Gasteiger partial charge < -0.3 is 20.3 Å². The van der Waals surface area contributed by atoms with Crippen LogP contribution in [0, 0.1) is 0 Å². The molecule has 0 saturated carbocycles. The number of carbonyl (C=O) groups excluding carboxylic acids is 2. The third-order valence-electron chi connectivity index (χ3n) is 2.63. The average Bonchev–Trinajstić information content (AvgIpc) is 2.45. The van der Waals surface area contributed by atoms with E-state index in [1.54, 1.807) is 0 Å². The number of carbonyl (C=O) groups is 2. The number of hydrogen-bond donors (Lipinski definition) is 3. The third-order valence-corrected chi connectivity index (χ3v) is 4.72. The van der Waals surface area contributed by atoms with Crippen LogP contribution >= 0.6 is 42.7 Å². The van der Waals surface area contributed by atoms with E-state index in [0.717, 1.165) is 19.4 Å². The molecule has 22 heavy (non-hydrogen) atoms. The monoisotopic (exact) mass is 407 g/mol. The molecule has 0 heterocycles. The minimum atomic E-state index is -0.981. The van der Waals surface area contributed by atoms with E-state index in [1.807, 2.05) is 0 Å². The summed E-state index contributed by atoms with van der Waals surface area (Å²) in [6, 6.07) is -1.48. The van der Waals surface area contributed by atoms with Gasteiger partial charge in [-0.3, -0.25) is 9.88 Å². The van der Waals surface area contributed by atoms with Gasteiger partial charge in [0.2, 0.25) is 5.91 Å². The molecule has 1 amide bonds. The Morgan fingerprint density at radius 1 is 1.36 bits per heavy atom. The molecule has 7 nitrogen and oxygen atoms in total. The maximum Gasteiger partial charge on any atom is 0.331 e. The highest BCUT2D eigenvalue weighted by molar-refractivity contribution is 8.41. The van der Waals surface area contributed by atoms with Gasteiger partial charge in [0, 0.05) is 7.11 Å². The molecule has 12 heteroatoms. The van der Waals surface area contributed by atoms with E-state index in [-0.39, 0.29) is 6.61 Å². The van der Waals surface area contributed by atoms with Gasteiger partial charge >= 0.3 is 5.97 Å². The van der Waals surface area contributed by atoms with Crippen LogP contribution in [0.15, 0.2) is 0 Å². The van der Waals surface area contributed by atoms with Crippen LogP contribution in [0.25, 0.3) is 0 Å². The molecule has 0 aliphatic heterocycles. The van der Waals surface area contributed by atoms with E-state index < -0.39 is 31.5 Å². The van der Waals surface area contributed by atoms with Gasteiger partial charge in [0.1, 0.15) is 19.6 Å². The maximum absolute atomic E-state index is 12.1. The van der Waals surface area contributed by atoms with Gasteiger partial charge in [-0.15, -0.1) is 0 Å². The molecule has 0 aliphatic rings. The number of unbranched alkanes of at least 4 members (excludes halogenated alkanes) is 1. The van der Waals surface area contributed by atoms with Crippen LogP contribution < -0.4 is 16.1 Å². The lowest BCUT2D eigenvalue weighted by molar-refractivity contribution is -0.139. The topological polar surface area (TPSA) is 103 Å². The summed E-state index contributed by atoms with van der Waals surface area (Å²) >= 11 is 0. The van der Waals surface area contributed by atoms with Gasteiger partial charge in [0.05, 0.1) is 6.61 Å². The summed E-state index contributed by atoms with van der Waals surface area (Å²) in [5, 5.41) is 5.85. The number of amides is 1. The van der Waals surface area contributed by atoms with E-state index in [9.17, 15) is 9.59 Å². The number of ether oxygens (including phenoxy) is 1. The van der Waals surface area contributed by atoms with Crippen molar-refractivity contribution in [2.24, 2.45) is 5.73 Å². The predicted molar refractivity (Wildman–Crippen MR) is 104 cm³/mol. The standard InChI is InChI=1S/C10H26N3O4P5/c1-16-6-7(11)9(14)13-8(10(15)17-22(19)20)4-2-3-5-12-21-18/h7-8,12,21H,2-6,11,18-20H2,1H3,(H,13,14)/t7-,8-/m0/s1. The zero-order valence-electron chi connectivity index (χ0n) is 12.6. The van der Waals surface area contributed by atoms with Crippen LogP contribution in [0.5, 0.6) is 0 Å². The molecule has 0 aromatic carbocycles. The minimum absolute atomic E-state index is 0.104. The highest BCUT2D eigenvalue weighted by Crippen LogP contribution is 2.53. The first-order chi connectivity index (χ1) is 10.4. The Kier molecular flexibility index (Phi) is 15.0. The molecule has 4 N–H and O–H groups in total. The van der Waals surface area contributed by atoms with E-state index >= 15 is 0 Å². The van der Waals surface area contributed by atoms with Crippen molar-refractivity contribution in [3.05, 3.63) is 0 Å². The van der Waals surface area contributed by atoms with Crippen molar-refractivity contribution < 1.29 is 18.8 Å². The van der Waals surface area contributed by atoms with Crippen LogP contribution in [0.1, 0.15) is 19.3 Å². The summed E-state index contributed by atoms with van der Waals surface area (Å²) < 4.78 is 10.0. The first-order valence-electron chi connectivity index (χ1n) is 6.67. The molecular formula is C10H26N3O4P5. The summed E-state index contributed by atoms with van der Waals surface area (Å²) in [5.74, 6) is -0.847. The quantitative estimate of drug-likeness (QED) is 0.331. The van der Waals surface area contributed by atoms with Crippen LogP contribution in [0.3, 0.4) is 0 Å². The number of nitrogens with two attached hydrogens (primary N) is 1. The van der Waals surface area contributed by atoms with Crippen LogP contribution in [0.4, 0.5) is 0 Å².